The van der Waals surface area contributed by atoms with Crippen molar-refractivity contribution in [3.05, 3.63) is 0 Å². The van der Waals surface area contributed by atoms with Gasteiger partial charge in [0.25, 0.3) is 0 Å². The zero-order valence-corrected chi connectivity index (χ0v) is 16.0. The molecule has 0 aromatic carbocycles. The Morgan fingerprint density at radius 1 is 1.04 bits per heavy atom. The van der Waals surface area contributed by atoms with Crippen molar-refractivity contribution >= 4 is 15.9 Å². The van der Waals surface area contributed by atoms with Crippen molar-refractivity contribution in [3.63, 3.8) is 0 Å². The predicted octanol–water partition coefficient (Wildman–Crippen LogP) is 0.371. The summed E-state index contributed by atoms with van der Waals surface area (Å²) in [6.07, 6.45) is 3.76. The minimum Gasteiger partial charge on any atom is -0.378 e. The van der Waals surface area contributed by atoms with Gasteiger partial charge in [0.05, 0.1) is 24.9 Å². The third-order valence-electron chi connectivity index (χ3n) is 5.82. The molecule has 3 heterocycles. The molecule has 1 amide bonds. The van der Waals surface area contributed by atoms with Gasteiger partial charge in [-0.2, -0.15) is 0 Å². The van der Waals surface area contributed by atoms with E-state index in [2.05, 4.69) is 4.90 Å². The van der Waals surface area contributed by atoms with Gasteiger partial charge in [0.15, 0.2) is 0 Å². The molecule has 25 heavy (non-hydrogen) atoms. The highest BCUT2D eigenvalue weighted by Gasteiger charge is 2.35. The maximum Gasteiger partial charge on any atom is 0.227 e. The second kappa shape index (κ2) is 8.33. The van der Waals surface area contributed by atoms with Gasteiger partial charge in [-0.1, -0.05) is 0 Å². The van der Waals surface area contributed by atoms with Gasteiger partial charge < -0.3 is 9.64 Å². The SMILES string of the molecule is CCS(=O)(=O)N1CCC(N2CCCC(C(=O)N3CCOCC3)C2)CC1. The van der Waals surface area contributed by atoms with E-state index in [0.717, 1.165) is 38.8 Å². The van der Waals surface area contributed by atoms with Gasteiger partial charge in [-0.05, 0) is 39.2 Å². The summed E-state index contributed by atoms with van der Waals surface area (Å²) >= 11 is 0. The van der Waals surface area contributed by atoms with Crippen molar-refractivity contribution in [1.29, 1.82) is 0 Å². The monoisotopic (exact) mass is 373 g/mol. The van der Waals surface area contributed by atoms with Crippen molar-refractivity contribution in [2.24, 2.45) is 5.92 Å². The molecule has 0 bridgehead atoms. The van der Waals surface area contributed by atoms with Crippen molar-refractivity contribution in [3.8, 4) is 0 Å². The van der Waals surface area contributed by atoms with Crippen LogP contribution in [0.15, 0.2) is 0 Å². The number of rotatable bonds is 4. The summed E-state index contributed by atoms with van der Waals surface area (Å²) in [5.41, 5.74) is 0. The number of likely N-dealkylation sites (tertiary alicyclic amines) is 1. The molecule has 1 unspecified atom stereocenters. The Balaban J connectivity index is 1.53. The van der Waals surface area contributed by atoms with Crippen LogP contribution in [0.25, 0.3) is 0 Å². The highest BCUT2D eigenvalue weighted by Crippen LogP contribution is 2.26. The third-order valence-corrected chi connectivity index (χ3v) is 7.70. The summed E-state index contributed by atoms with van der Waals surface area (Å²) < 4.78 is 31.0. The molecule has 1 atom stereocenters. The van der Waals surface area contributed by atoms with Gasteiger partial charge in [0, 0.05) is 38.8 Å². The fourth-order valence-electron chi connectivity index (χ4n) is 4.25. The maximum atomic E-state index is 12.8. The van der Waals surface area contributed by atoms with E-state index in [4.69, 9.17) is 4.74 Å². The molecule has 0 aliphatic carbocycles. The lowest BCUT2D eigenvalue weighted by atomic mass is 9.93. The number of sulfonamides is 1. The van der Waals surface area contributed by atoms with Gasteiger partial charge >= 0.3 is 0 Å². The van der Waals surface area contributed by atoms with Gasteiger partial charge in [0.1, 0.15) is 0 Å². The van der Waals surface area contributed by atoms with Gasteiger partial charge in [-0.15, -0.1) is 0 Å². The van der Waals surface area contributed by atoms with Crippen LogP contribution in [0.5, 0.6) is 0 Å². The Kier molecular flexibility index (Phi) is 6.35. The molecular weight excluding hydrogens is 342 g/mol. The summed E-state index contributed by atoms with van der Waals surface area (Å²) in [4.78, 5) is 17.1. The summed E-state index contributed by atoms with van der Waals surface area (Å²) in [6.45, 7) is 7.48. The molecule has 0 aromatic heterocycles. The number of carbonyl (C=O) groups is 1. The molecule has 0 radical (unpaired) electrons. The Morgan fingerprint density at radius 3 is 2.36 bits per heavy atom. The van der Waals surface area contributed by atoms with Gasteiger partial charge in [-0.3, -0.25) is 9.69 Å². The first-order valence-corrected chi connectivity index (χ1v) is 11.2. The standard InChI is InChI=1S/C17H31N3O4S/c1-2-25(22,23)20-8-5-16(6-9-20)19-7-3-4-15(14-19)17(21)18-10-12-24-13-11-18/h15-16H,2-14H2,1H3. The molecule has 3 rings (SSSR count). The number of carbonyl (C=O) groups excluding carboxylic acids is 1. The van der Waals surface area contributed by atoms with Crippen molar-refractivity contribution in [2.45, 2.75) is 38.6 Å². The fraction of sp³-hybridized carbons (Fsp3) is 0.941. The van der Waals surface area contributed by atoms with Crippen molar-refractivity contribution in [2.75, 3.05) is 58.2 Å². The third kappa shape index (κ3) is 4.53. The molecule has 7 nitrogen and oxygen atoms in total. The van der Waals surface area contributed by atoms with E-state index in [-0.39, 0.29) is 17.6 Å². The topological polar surface area (TPSA) is 70.2 Å². The normalized spacial score (nSPS) is 28.2. The lowest BCUT2D eigenvalue weighted by Gasteiger charge is -2.42. The van der Waals surface area contributed by atoms with Gasteiger partial charge in [-0.25, -0.2) is 12.7 Å². The van der Waals surface area contributed by atoms with Crippen molar-refractivity contribution < 1.29 is 17.9 Å². The lowest BCUT2D eigenvalue weighted by molar-refractivity contribution is -0.141. The number of ether oxygens (including phenoxy) is 1. The average Bonchev–Trinajstić information content (AvgIpc) is 2.68. The molecule has 144 valence electrons. The Bertz CT molecular complexity index is 554. The molecule has 3 aliphatic rings. The largest absolute Gasteiger partial charge is 0.378 e. The Morgan fingerprint density at radius 2 is 1.72 bits per heavy atom. The minimum absolute atomic E-state index is 0.0873. The zero-order chi connectivity index (χ0) is 17.9. The highest BCUT2D eigenvalue weighted by atomic mass is 32.2. The summed E-state index contributed by atoms with van der Waals surface area (Å²) in [6, 6.07) is 0.406. The number of hydrogen-bond acceptors (Lipinski definition) is 5. The average molecular weight is 374 g/mol. The zero-order valence-electron chi connectivity index (χ0n) is 15.2. The van der Waals surface area contributed by atoms with Crippen LogP contribution < -0.4 is 0 Å². The van der Waals surface area contributed by atoms with Crippen LogP contribution in [-0.4, -0.2) is 92.7 Å². The van der Waals surface area contributed by atoms with Crippen LogP contribution in [0.4, 0.5) is 0 Å². The molecule has 0 saturated carbocycles. The Labute approximate surface area is 151 Å². The smallest absolute Gasteiger partial charge is 0.227 e. The Hall–Kier alpha value is -0.700. The van der Waals surface area contributed by atoms with E-state index in [1.54, 1.807) is 11.2 Å². The maximum absolute atomic E-state index is 12.8. The molecular formula is C17H31N3O4S. The number of piperidine rings is 2. The van der Waals surface area contributed by atoms with Gasteiger partial charge in [0.2, 0.25) is 15.9 Å². The van der Waals surface area contributed by atoms with Crippen LogP contribution in [0.3, 0.4) is 0 Å². The molecule has 8 heteroatoms. The number of morpholine rings is 1. The molecule has 3 fully saturated rings. The summed E-state index contributed by atoms with van der Waals surface area (Å²) in [7, 11) is -3.07. The number of nitrogens with zero attached hydrogens (tertiary/aromatic N) is 3. The van der Waals surface area contributed by atoms with Crippen LogP contribution in [0.2, 0.25) is 0 Å². The molecule has 0 aromatic rings. The van der Waals surface area contributed by atoms with E-state index in [9.17, 15) is 13.2 Å². The van der Waals surface area contributed by atoms with E-state index in [1.807, 2.05) is 4.90 Å². The summed E-state index contributed by atoms with van der Waals surface area (Å²) in [5.74, 6) is 0.542. The number of amides is 1. The van der Waals surface area contributed by atoms with Crippen LogP contribution in [-0.2, 0) is 19.6 Å². The van der Waals surface area contributed by atoms with E-state index in [1.165, 1.54) is 0 Å². The summed E-state index contributed by atoms with van der Waals surface area (Å²) in [5, 5.41) is 0. The second-order valence-electron chi connectivity index (χ2n) is 7.30. The molecule has 3 aliphatic heterocycles. The fourth-order valence-corrected chi connectivity index (χ4v) is 5.38. The van der Waals surface area contributed by atoms with E-state index >= 15 is 0 Å². The number of hydrogen-bond donors (Lipinski definition) is 0. The molecule has 0 N–H and O–H groups in total. The van der Waals surface area contributed by atoms with E-state index in [0.29, 0.717) is 45.4 Å². The van der Waals surface area contributed by atoms with Crippen molar-refractivity contribution in [1.82, 2.24) is 14.1 Å². The lowest BCUT2D eigenvalue weighted by Crippen LogP contribution is -2.53. The van der Waals surface area contributed by atoms with Crippen LogP contribution in [0, 0.1) is 5.92 Å². The highest BCUT2D eigenvalue weighted by molar-refractivity contribution is 7.89. The van der Waals surface area contributed by atoms with E-state index < -0.39 is 10.0 Å². The second-order valence-corrected chi connectivity index (χ2v) is 9.56. The molecule has 3 saturated heterocycles. The first kappa shape index (κ1) is 19.1. The molecule has 0 spiro atoms. The first-order valence-electron chi connectivity index (χ1n) is 9.59. The van der Waals surface area contributed by atoms with Crippen LogP contribution >= 0.6 is 0 Å². The predicted molar refractivity (Wildman–Crippen MR) is 95.8 cm³/mol. The minimum atomic E-state index is -3.07. The van der Waals surface area contributed by atoms with Crippen LogP contribution in [0.1, 0.15) is 32.6 Å². The quantitative estimate of drug-likeness (QED) is 0.712. The first-order chi connectivity index (χ1) is 12.0.